The van der Waals surface area contributed by atoms with Crippen molar-refractivity contribution in [2.45, 2.75) is 51.0 Å². The summed E-state index contributed by atoms with van der Waals surface area (Å²) in [5, 5.41) is 4.36. The molecule has 1 saturated heterocycles. The largest absolute Gasteiger partial charge is 0.359 e. The summed E-state index contributed by atoms with van der Waals surface area (Å²) >= 11 is 1.80. The molecule has 114 valence electrons. The summed E-state index contributed by atoms with van der Waals surface area (Å²) < 4.78 is 23.3. The van der Waals surface area contributed by atoms with Gasteiger partial charge in [-0.05, 0) is 31.6 Å². The van der Waals surface area contributed by atoms with Gasteiger partial charge in [-0.3, -0.25) is 4.99 Å². The molecule has 0 aromatic heterocycles. The van der Waals surface area contributed by atoms with Crippen molar-refractivity contribution in [2.75, 3.05) is 23.8 Å². The monoisotopic (exact) mass is 316 g/mol. The predicted molar refractivity (Wildman–Crippen MR) is 85.1 cm³/mol. The number of nitrogens with zero attached hydrogens (tertiary/aromatic N) is 1. The van der Waals surface area contributed by atoms with E-state index >= 15 is 0 Å². The lowest BCUT2D eigenvalue weighted by atomic mass is 9.75. The molecule has 3 aliphatic rings. The highest BCUT2D eigenvalue weighted by atomic mass is 32.2. The Morgan fingerprint density at radius 2 is 1.95 bits per heavy atom. The van der Waals surface area contributed by atoms with Crippen molar-refractivity contribution < 1.29 is 8.42 Å². The van der Waals surface area contributed by atoms with Gasteiger partial charge in [0.05, 0.1) is 17.0 Å². The van der Waals surface area contributed by atoms with Crippen LogP contribution in [0.3, 0.4) is 0 Å². The van der Waals surface area contributed by atoms with Crippen molar-refractivity contribution in [3.63, 3.8) is 0 Å². The van der Waals surface area contributed by atoms with Crippen molar-refractivity contribution in [3.05, 3.63) is 0 Å². The van der Waals surface area contributed by atoms with E-state index in [-0.39, 0.29) is 11.3 Å². The fourth-order valence-electron chi connectivity index (χ4n) is 3.60. The Kier molecular flexibility index (Phi) is 3.82. The SMILES string of the molecule is CC1(NC2=NCC3(CCCCC3)CS2)CCS(=O)(=O)C1. The molecular weight excluding hydrogens is 292 g/mol. The Morgan fingerprint density at radius 1 is 1.20 bits per heavy atom. The third-order valence-electron chi connectivity index (χ3n) is 4.90. The molecule has 0 aromatic rings. The standard InChI is InChI=1S/C14H24N2O2S2/c1-13(7-8-20(17,18)11-13)16-12-15-9-14(10-19-12)5-3-2-4-6-14/h2-11H2,1H3,(H,15,16). The number of thioether (sulfide) groups is 1. The van der Waals surface area contributed by atoms with Crippen LogP contribution in [-0.2, 0) is 9.84 Å². The topological polar surface area (TPSA) is 58.5 Å². The van der Waals surface area contributed by atoms with Gasteiger partial charge in [0, 0.05) is 12.3 Å². The predicted octanol–water partition coefficient (Wildman–Crippen LogP) is 2.21. The molecule has 1 unspecified atom stereocenters. The second-order valence-electron chi connectivity index (χ2n) is 7.00. The van der Waals surface area contributed by atoms with Gasteiger partial charge < -0.3 is 5.32 Å². The summed E-state index contributed by atoms with van der Waals surface area (Å²) in [5.41, 5.74) is 0.110. The Hall–Kier alpha value is -0.230. The van der Waals surface area contributed by atoms with E-state index in [0.717, 1.165) is 17.5 Å². The van der Waals surface area contributed by atoms with Gasteiger partial charge in [-0.15, -0.1) is 0 Å². The molecular formula is C14H24N2O2S2. The van der Waals surface area contributed by atoms with Gasteiger partial charge in [0.25, 0.3) is 0 Å². The van der Waals surface area contributed by atoms with Crippen molar-refractivity contribution in [3.8, 4) is 0 Å². The lowest BCUT2D eigenvalue weighted by molar-refractivity contribution is 0.232. The van der Waals surface area contributed by atoms with Crippen LogP contribution in [0, 0.1) is 5.41 Å². The second-order valence-corrected chi connectivity index (χ2v) is 10.1. The van der Waals surface area contributed by atoms with Gasteiger partial charge in [-0.1, -0.05) is 31.0 Å². The smallest absolute Gasteiger partial charge is 0.157 e. The second kappa shape index (κ2) is 5.20. The first-order chi connectivity index (χ1) is 9.41. The Balaban J connectivity index is 1.62. The third kappa shape index (κ3) is 3.16. The van der Waals surface area contributed by atoms with Crippen LogP contribution in [0.15, 0.2) is 4.99 Å². The third-order valence-corrected chi connectivity index (χ3v) is 8.06. The number of aliphatic imine (C=N–C) groups is 1. The number of hydrogen-bond donors (Lipinski definition) is 1. The van der Waals surface area contributed by atoms with Crippen LogP contribution in [0.25, 0.3) is 0 Å². The highest BCUT2D eigenvalue weighted by Gasteiger charge is 2.41. The molecule has 20 heavy (non-hydrogen) atoms. The first-order valence-electron chi connectivity index (χ1n) is 7.56. The fraction of sp³-hybridized carbons (Fsp3) is 0.929. The Bertz CT molecular complexity index is 509. The molecule has 1 spiro atoms. The van der Waals surface area contributed by atoms with Crippen LogP contribution in [0.1, 0.15) is 45.4 Å². The molecule has 3 rings (SSSR count). The molecule has 6 heteroatoms. The first kappa shape index (κ1) is 14.7. The maximum Gasteiger partial charge on any atom is 0.157 e. The number of sulfone groups is 1. The first-order valence-corrected chi connectivity index (χ1v) is 10.4. The molecule has 0 amide bonds. The van der Waals surface area contributed by atoms with E-state index in [0.29, 0.717) is 17.6 Å². The van der Waals surface area contributed by atoms with E-state index in [1.807, 2.05) is 6.92 Å². The van der Waals surface area contributed by atoms with Crippen molar-refractivity contribution in [1.29, 1.82) is 0 Å². The molecule has 1 saturated carbocycles. The minimum absolute atomic E-state index is 0.241. The minimum Gasteiger partial charge on any atom is -0.359 e. The maximum absolute atomic E-state index is 11.6. The van der Waals surface area contributed by atoms with Crippen LogP contribution in [0.5, 0.6) is 0 Å². The molecule has 4 nitrogen and oxygen atoms in total. The lowest BCUT2D eigenvalue weighted by Gasteiger charge is -2.39. The van der Waals surface area contributed by atoms with E-state index < -0.39 is 9.84 Å². The van der Waals surface area contributed by atoms with Crippen molar-refractivity contribution in [2.24, 2.45) is 10.4 Å². The molecule has 0 radical (unpaired) electrons. The Labute approximate surface area is 126 Å². The van der Waals surface area contributed by atoms with E-state index in [2.05, 4.69) is 5.32 Å². The van der Waals surface area contributed by atoms with Gasteiger partial charge in [-0.2, -0.15) is 0 Å². The quantitative estimate of drug-likeness (QED) is 0.806. The number of amidine groups is 1. The minimum atomic E-state index is -2.86. The highest BCUT2D eigenvalue weighted by Crippen LogP contribution is 2.42. The summed E-state index contributed by atoms with van der Waals surface area (Å²) in [6.45, 7) is 2.93. The zero-order valence-electron chi connectivity index (χ0n) is 12.2. The highest BCUT2D eigenvalue weighted by molar-refractivity contribution is 8.13. The van der Waals surface area contributed by atoms with Crippen molar-refractivity contribution in [1.82, 2.24) is 5.32 Å². The molecule has 2 aliphatic heterocycles. The molecule has 1 N–H and O–H groups in total. The van der Waals surface area contributed by atoms with E-state index in [9.17, 15) is 8.42 Å². The summed E-state index contributed by atoms with van der Waals surface area (Å²) in [5.74, 6) is 1.69. The summed E-state index contributed by atoms with van der Waals surface area (Å²) in [4.78, 5) is 4.74. The van der Waals surface area contributed by atoms with Crippen molar-refractivity contribution >= 4 is 26.8 Å². The van der Waals surface area contributed by atoms with E-state index in [4.69, 9.17) is 4.99 Å². The van der Waals surface area contributed by atoms with Gasteiger partial charge in [0.15, 0.2) is 15.0 Å². The summed E-state index contributed by atoms with van der Waals surface area (Å²) in [6.07, 6.45) is 7.37. The molecule has 2 heterocycles. The average molecular weight is 316 g/mol. The Morgan fingerprint density at radius 3 is 2.50 bits per heavy atom. The lowest BCUT2D eigenvalue weighted by Crippen LogP contribution is -2.48. The number of nitrogens with one attached hydrogen (secondary N) is 1. The van der Waals surface area contributed by atoms with Gasteiger partial charge in [-0.25, -0.2) is 8.42 Å². The van der Waals surface area contributed by atoms with E-state index in [1.54, 1.807) is 11.8 Å². The average Bonchev–Trinajstić information content (AvgIpc) is 2.68. The normalized spacial score (nSPS) is 35.8. The fourth-order valence-corrected chi connectivity index (χ4v) is 6.99. The van der Waals surface area contributed by atoms with Crippen LogP contribution < -0.4 is 5.32 Å². The molecule has 0 aromatic carbocycles. The van der Waals surface area contributed by atoms with Crippen LogP contribution in [0.4, 0.5) is 0 Å². The zero-order chi connectivity index (χ0) is 14.3. The molecule has 2 fully saturated rings. The molecule has 1 aliphatic carbocycles. The summed E-state index contributed by atoms with van der Waals surface area (Å²) in [7, 11) is -2.86. The number of hydrogen-bond acceptors (Lipinski definition) is 5. The van der Waals surface area contributed by atoms with Gasteiger partial charge in [0.1, 0.15) is 0 Å². The number of rotatable bonds is 1. The van der Waals surface area contributed by atoms with Gasteiger partial charge >= 0.3 is 0 Å². The van der Waals surface area contributed by atoms with Gasteiger partial charge in [0.2, 0.25) is 0 Å². The summed E-state index contributed by atoms with van der Waals surface area (Å²) in [6, 6.07) is 0. The molecule has 0 bridgehead atoms. The van der Waals surface area contributed by atoms with Crippen LogP contribution >= 0.6 is 11.8 Å². The van der Waals surface area contributed by atoms with Crippen LogP contribution in [0.2, 0.25) is 0 Å². The zero-order valence-corrected chi connectivity index (χ0v) is 13.8. The van der Waals surface area contributed by atoms with Crippen LogP contribution in [-0.4, -0.2) is 42.9 Å². The maximum atomic E-state index is 11.6. The van der Waals surface area contributed by atoms with E-state index in [1.165, 1.54) is 32.1 Å². The molecule has 1 atom stereocenters.